The molecule has 168 valence electrons. The van der Waals surface area contributed by atoms with Crippen LogP contribution in [-0.2, 0) is 4.79 Å². The first-order chi connectivity index (χ1) is 14.7. The van der Waals surface area contributed by atoms with Crippen LogP contribution in [0.3, 0.4) is 0 Å². The highest BCUT2D eigenvalue weighted by molar-refractivity contribution is 5.93. The monoisotopic (exact) mass is 433 g/mol. The van der Waals surface area contributed by atoms with Crippen LogP contribution in [0.25, 0.3) is 0 Å². The normalized spacial score (nSPS) is 12.0. The quantitative estimate of drug-likeness (QED) is 0.615. The van der Waals surface area contributed by atoms with Gasteiger partial charge in [-0.25, -0.2) is 8.78 Å². The lowest BCUT2D eigenvalue weighted by Gasteiger charge is -2.32. The molecule has 0 aliphatic carbocycles. The first-order valence-electron chi connectivity index (χ1n) is 10.2. The zero-order valence-corrected chi connectivity index (χ0v) is 18.3. The van der Waals surface area contributed by atoms with Crippen molar-refractivity contribution in [2.24, 2.45) is 5.92 Å². The Hall–Kier alpha value is -3.03. The number of aryl methyl sites for hydroxylation is 1. The summed E-state index contributed by atoms with van der Waals surface area (Å²) in [5, 5.41) is 2.82. The summed E-state index contributed by atoms with van der Waals surface area (Å²) in [6.45, 7) is 7.35. The molecule has 2 aromatic rings. The summed E-state index contributed by atoms with van der Waals surface area (Å²) in [7, 11) is 0. The average molecular weight is 433 g/mol. The number of halogens is 2. The number of carbonyl (C=O) groups excluding carboxylic acids is 2. The molecule has 2 amide bonds. The highest BCUT2D eigenvalue weighted by atomic mass is 19.3. The van der Waals surface area contributed by atoms with E-state index in [2.05, 4.69) is 10.3 Å². The van der Waals surface area contributed by atoms with Crippen LogP contribution >= 0.6 is 0 Å². The maximum absolute atomic E-state index is 12.9. The molecule has 0 spiro atoms. The van der Waals surface area contributed by atoms with Gasteiger partial charge in [0.2, 0.25) is 5.91 Å². The van der Waals surface area contributed by atoms with E-state index in [4.69, 9.17) is 4.74 Å². The molecule has 0 saturated heterocycles. The van der Waals surface area contributed by atoms with Gasteiger partial charge in [0.1, 0.15) is 12.4 Å². The van der Waals surface area contributed by atoms with Crippen LogP contribution < -0.4 is 10.1 Å². The smallest absolute Gasteiger partial charge is 0.272 e. The van der Waals surface area contributed by atoms with Crippen LogP contribution in [-0.4, -0.2) is 47.8 Å². The molecular formula is C23H29F2N3O3. The summed E-state index contributed by atoms with van der Waals surface area (Å²) < 4.78 is 29.8. The minimum absolute atomic E-state index is 0.0412. The molecule has 2 rings (SSSR count). The number of amides is 2. The van der Waals surface area contributed by atoms with Gasteiger partial charge in [-0.1, -0.05) is 19.9 Å². The summed E-state index contributed by atoms with van der Waals surface area (Å²) in [5.74, 6) is -0.153. The van der Waals surface area contributed by atoms with Gasteiger partial charge in [-0.15, -0.1) is 0 Å². The molecule has 0 radical (unpaired) electrons. The zero-order valence-electron chi connectivity index (χ0n) is 18.3. The molecule has 0 saturated carbocycles. The van der Waals surface area contributed by atoms with Crippen LogP contribution in [0, 0.1) is 12.8 Å². The van der Waals surface area contributed by atoms with Gasteiger partial charge in [0.05, 0.1) is 11.6 Å². The standard InChI is InChI=1S/C23H29F2N3O3/c1-15(2)23(30)28(11-10-27-22(29)18-6-5-9-26-13-18)17(4)20-8-7-19(12-16(20)3)31-14-21(24)25/h5-9,12-13,15,17,21H,10-11,14H2,1-4H3,(H,27,29). The van der Waals surface area contributed by atoms with Crippen LogP contribution in [0.5, 0.6) is 5.75 Å². The van der Waals surface area contributed by atoms with Gasteiger partial charge in [0, 0.05) is 31.4 Å². The SMILES string of the molecule is Cc1cc(OCC(F)F)ccc1C(C)N(CCNC(=O)c1cccnc1)C(=O)C(C)C. The summed E-state index contributed by atoms with van der Waals surface area (Å²) >= 11 is 0. The van der Waals surface area contributed by atoms with Crippen molar-refractivity contribution in [2.75, 3.05) is 19.7 Å². The van der Waals surface area contributed by atoms with E-state index in [9.17, 15) is 18.4 Å². The molecular weight excluding hydrogens is 404 g/mol. The number of rotatable bonds is 10. The molecule has 6 nitrogen and oxygen atoms in total. The van der Waals surface area contributed by atoms with Crippen molar-refractivity contribution < 1.29 is 23.1 Å². The lowest BCUT2D eigenvalue weighted by Crippen LogP contribution is -2.42. The molecule has 8 heteroatoms. The Kier molecular flexibility index (Phi) is 8.90. The minimum atomic E-state index is -2.54. The number of nitrogens with one attached hydrogen (secondary N) is 1. The molecule has 0 bridgehead atoms. The van der Waals surface area contributed by atoms with E-state index >= 15 is 0 Å². The molecule has 1 unspecified atom stereocenters. The third-order valence-corrected chi connectivity index (χ3v) is 4.87. The highest BCUT2D eigenvalue weighted by Crippen LogP contribution is 2.28. The number of ether oxygens (including phenoxy) is 1. The van der Waals surface area contributed by atoms with Crippen molar-refractivity contribution in [3.05, 3.63) is 59.4 Å². The second-order valence-corrected chi connectivity index (χ2v) is 7.58. The van der Waals surface area contributed by atoms with E-state index < -0.39 is 13.0 Å². The van der Waals surface area contributed by atoms with E-state index in [1.165, 1.54) is 6.20 Å². The van der Waals surface area contributed by atoms with E-state index in [1.54, 1.807) is 41.4 Å². The predicted molar refractivity (Wildman–Crippen MR) is 114 cm³/mol. The number of aromatic nitrogens is 1. The van der Waals surface area contributed by atoms with Crippen molar-refractivity contribution in [3.8, 4) is 5.75 Å². The van der Waals surface area contributed by atoms with Crippen molar-refractivity contribution in [3.63, 3.8) is 0 Å². The lowest BCUT2D eigenvalue weighted by molar-refractivity contribution is -0.136. The van der Waals surface area contributed by atoms with E-state index in [0.717, 1.165) is 11.1 Å². The fourth-order valence-corrected chi connectivity index (χ4v) is 3.25. The van der Waals surface area contributed by atoms with Gasteiger partial charge in [0.15, 0.2) is 0 Å². The van der Waals surface area contributed by atoms with Gasteiger partial charge in [-0.3, -0.25) is 14.6 Å². The van der Waals surface area contributed by atoms with Crippen LogP contribution in [0.2, 0.25) is 0 Å². The Balaban J connectivity index is 2.10. The topological polar surface area (TPSA) is 71.5 Å². The summed E-state index contributed by atoms with van der Waals surface area (Å²) in [6.07, 6.45) is 0.531. The summed E-state index contributed by atoms with van der Waals surface area (Å²) in [4.78, 5) is 30.8. The Morgan fingerprint density at radius 3 is 2.52 bits per heavy atom. The molecule has 0 fully saturated rings. The first-order valence-corrected chi connectivity index (χ1v) is 10.2. The number of hydrogen-bond donors (Lipinski definition) is 1. The van der Waals surface area contributed by atoms with Gasteiger partial charge in [-0.05, 0) is 49.2 Å². The molecule has 0 aliphatic heterocycles. The van der Waals surface area contributed by atoms with Gasteiger partial charge in [-0.2, -0.15) is 0 Å². The molecule has 1 heterocycles. The first kappa shape index (κ1) is 24.2. The second kappa shape index (κ2) is 11.4. The minimum Gasteiger partial charge on any atom is -0.488 e. The molecule has 0 aliphatic rings. The number of alkyl halides is 2. The summed E-state index contributed by atoms with van der Waals surface area (Å²) in [6, 6.07) is 8.19. The third-order valence-electron chi connectivity index (χ3n) is 4.87. The second-order valence-electron chi connectivity index (χ2n) is 7.58. The molecule has 1 aromatic heterocycles. The van der Waals surface area contributed by atoms with Crippen molar-refractivity contribution >= 4 is 11.8 Å². The molecule has 1 aromatic carbocycles. The zero-order chi connectivity index (χ0) is 23.0. The Morgan fingerprint density at radius 2 is 1.94 bits per heavy atom. The van der Waals surface area contributed by atoms with E-state index in [-0.39, 0.29) is 30.3 Å². The lowest BCUT2D eigenvalue weighted by atomic mass is 9.99. The van der Waals surface area contributed by atoms with Gasteiger partial charge >= 0.3 is 0 Å². The maximum atomic E-state index is 12.9. The Bertz CT molecular complexity index is 876. The average Bonchev–Trinajstić information content (AvgIpc) is 2.74. The van der Waals surface area contributed by atoms with Crippen molar-refractivity contribution in [1.82, 2.24) is 15.2 Å². The molecule has 1 N–H and O–H groups in total. The molecule has 1 atom stereocenters. The Morgan fingerprint density at radius 1 is 1.19 bits per heavy atom. The molecule has 31 heavy (non-hydrogen) atoms. The van der Waals surface area contributed by atoms with Crippen molar-refractivity contribution in [1.29, 1.82) is 0 Å². The number of benzene rings is 1. The number of pyridine rings is 1. The predicted octanol–water partition coefficient (Wildman–Crippen LogP) is 4.01. The fourth-order valence-electron chi connectivity index (χ4n) is 3.25. The highest BCUT2D eigenvalue weighted by Gasteiger charge is 2.25. The number of nitrogens with zero attached hydrogens (tertiary/aromatic N) is 2. The van der Waals surface area contributed by atoms with Crippen molar-refractivity contribution in [2.45, 2.75) is 40.2 Å². The van der Waals surface area contributed by atoms with Gasteiger partial charge in [0.25, 0.3) is 12.3 Å². The summed E-state index contributed by atoms with van der Waals surface area (Å²) in [5.41, 5.74) is 2.17. The van der Waals surface area contributed by atoms with Crippen LogP contribution in [0.4, 0.5) is 8.78 Å². The number of carbonyl (C=O) groups is 2. The maximum Gasteiger partial charge on any atom is 0.272 e. The van der Waals surface area contributed by atoms with Crippen LogP contribution in [0.1, 0.15) is 48.3 Å². The number of hydrogen-bond acceptors (Lipinski definition) is 4. The van der Waals surface area contributed by atoms with Crippen LogP contribution in [0.15, 0.2) is 42.7 Å². The van der Waals surface area contributed by atoms with E-state index in [1.807, 2.05) is 27.7 Å². The third kappa shape index (κ3) is 7.01. The van der Waals surface area contributed by atoms with E-state index in [0.29, 0.717) is 17.9 Å². The Labute approximate surface area is 181 Å². The fraction of sp³-hybridized carbons (Fsp3) is 0.435. The van der Waals surface area contributed by atoms with Gasteiger partial charge < -0.3 is 15.0 Å². The largest absolute Gasteiger partial charge is 0.488 e.